The predicted octanol–water partition coefficient (Wildman–Crippen LogP) is 1.14. The summed E-state index contributed by atoms with van der Waals surface area (Å²) >= 11 is 3.36. The highest BCUT2D eigenvalue weighted by Crippen LogP contribution is 2.24. The number of rotatable bonds is 4. The molecule has 0 aromatic heterocycles. The molecular formula is C14H18BrN3O3. The number of carbonyl (C=O) groups excluding carboxylic acids is 1. The highest BCUT2D eigenvalue weighted by molar-refractivity contribution is 9.10. The fraction of sp³-hybridized carbons (Fsp3) is 0.429. The third-order valence-electron chi connectivity index (χ3n) is 3.53. The van der Waals surface area contributed by atoms with Crippen LogP contribution in [0.15, 0.2) is 22.7 Å². The molecule has 7 heteroatoms. The first kappa shape index (κ1) is 15.8. The number of halogens is 1. The molecule has 0 atom stereocenters. The van der Waals surface area contributed by atoms with Gasteiger partial charge in [-0.3, -0.25) is 14.5 Å². The first-order valence-electron chi connectivity index (χ1n) is 6.76. The van der Waals surface area contributed by atoms with Crippen LogP contribution in [0.1, 0.15) is 16.8 Å². The molecule has 0 aliphatic carbocycles. The number of hydrogen-bond acceptors (Lipinski definition) is 4. The molecule has 6 nitrogen and oxygen atoms in total. The Bertz CT molecular complexity index is 550. The summed E-state index contributed by atoms with van der Waals surface area (Å²) in [5.41, 5.74) is 6.75. The van der Waals surface area contributed by atoms with Gasteiger partial charge in [0.05, 0.1) is 12.1 Å². The van der Waals surface area contributed by atoms with Gasteiger partial charge in [0.1, 0.15) is 0 Å². The number of amides is 1. The topological polar surface area (TPSA) is 86.9 Å². The molecule has 114 valence electrons. The summed E-state index contributed by atoms with van der Waals surface area (Å²) in [4.78, 5) is 26.1. The van der Waals surface area contributed by atoms with E-state index in [2.05, 4.69) is 20.8 Å². The van der Waals surface area contributed by atoms with E-state index in [1.165, 1.54) is 0 Å². The van der Waals surface area contributed by atoms with Crippen molar-refractivity contribution in [3.05, 3.63) is 28.2 Å². The molecule has 1 saturated heterocycles. The SMILES string of the molecule is NC(=O)c1ccc(N2CCCN(CC(=O)O)CC2)cc1Br. The van der Waals surface area contributed by atoms with E-state index in [0.29, 0.717) is 16.6 Å². The summed E-state index contributed by atoms with van der Waals surface area (Å²) in [5.74, 6) is -1.26. The quantitative estimate of drug-likeness (QED) is 0.845. The second kappa shape index (κ2) is 6.91. The van der Waals surface area contributed by atoms with Gasteiger partial charge in [-0.05, 0) is 40.5 Å². The molecule has 0 unspecified atom stereocenters. The Labute approximate surface area is 131 Å². The Morgan fingerprint density at radius 1 is 1.24 bits per heavy atom. The van der Waals surface area contributed by atoms with Crippen LogP contribution in [0, 0.1) is 0 Å². The number of hydrogen-bond donors (Lipinski definition) is 2. The maximum atomic E-state index is 11.2. The summed E-state index contributed by atoms with van der Waals surface area (Å²) in [5, 5.41) is 8.85. The lowest BCUT2D eigenvalue weighted by Crippen LogP contribution is -2.34. The summed E-state index contributed by atoms with van der Waals surface area (Å²) in [6.45, 7) is 3.19. The number of carboxylic acid groups (broad SMARTS) is 1. The summed E-state index contributed by atoms with van der Waals surface area (Å²) in [7, 11) is 0. The average Bonchev–Trinajstić information content (AvgIpc) is 2.63. The summed E-state index contributed by atoms with van der Waals surface area (Å²) < 4.78 is 0.680. The summed E-state index contributed by atoms with van der Waals surface area (Å²) in [6, 6.07) is 5.46. The number of benzene rings is 1. The Balaban J connectivity index is 2.07. The molecule has 2 rings (SSSR count). The molecule has 0 radical (unpaired) electrons. The molecule has 21 heavy (non-hydrogen) atoms. The first-order chi connectivity index (χ1) is 9.97. The molecule has 1 heterocycles. The van der Waals surface area contributed by atoms with E-state index in [9.17, 15) is 9.59 Å². The molecule has 1 fully saturated rings. The van der Waals surface area contributed by atoms with Crippen molar-refractivity contribution in [3.63, 3.8) is 0 Å². The highest BCUT2D eigenvalue weighted by Gasteiger charge is 2.18. The molecule has 0 spiro atoms. The number of primary amides is 1. The van der Waals surface area contributed by atoms with E-state index in [1.807, 2.05) is 17.0 Å². The van der Waals surface area contributed by atoms with E-state index in [-0.39, 0.29) is 6.54 Å². The zero-order chi connectivity index (χ0) is 15.4. The van der Waals surface area contributed by atoms with Crippen molar-refractivity contribution in [1.29, 1.82) is 0 Å². The lowest BCUT2D eigenvalue weighted by Gasteiger charge is -2.23. The molecule has 1 aromatic rings. The van der Waals surface area contributed by atoms with Crippen molar-refractivity contribution in [3.8, 4) is 0 Å². The number of carbonyl (C=O) groups is 2. The normalized spacial score (nSPS) is 16.5. The van der Waals surface area contributed by atoms with E-state index in [4.69, 9.17) is 10.8 Å². The predicted molar refractivity (Wildman–Crippen MR) is 83.6 cm³/mol. The van der Waals surface area contributed by atoms with Gasteiger partial charge in [0, 0.05) is 36.3 Å². The monoisotopic (exact) mass is 355 g/mol. The third kappa shape index (κ3) is 4.18. The fourth-order valence-electron chi connectivity index (χ4n) is 2.48. The van der Waals surface area contributed by atoms with Gasteiger partial charge in [-0.2, -0.15) is 0 Å². The largest absolute Gasteiger partial charge is 0.480 e. The Morgan fingerprint density at radius 2 is 2.00 bits per heavy atom. The molecule has 0 bridgehead atoms. The van der Waals surface area contributed by atoms with Crippen molar-refractivity contribution in [2.75, 3.05) is 37.6 Å². The van der Waals surface area contributed by atoms with Crippen LogP contribution in [-0.2, 0) is 4.79 Å². The zero-order valence-corrected chi connectivity index (χ0v) is 13.2. The number of nitrogens with two attached hydrogens (primary N) is 1. The minimum atomic E-state index is -0.794. The molecular weight excluding hydrogens is 338 g/mol. The maximum Gasteiger partial charge on any atom is 0.317 e. The minimum absolute atomic E-state index is 0.0815. The van der Waals surface area contributed by atoms with Gasteiger partial charge in [0.2, 0.25) is 5.91 Å². The van der Waals surface area contributed by atoms with Crippen LogP contribution >= 0.6 is 15.9 Å². The fourth-order valence-corrected chi connectivity index (χ4v) is 3.04. The van der Waals surface area contributed by atoms with E-state index < -0.39 is 11.9 Å². The van der Waals surface area contributed by atoms with Crippen LogP contribution in [0.4, 0.5) is 5.69 Å². The Kier molecular flexibility index (Phi) is 5.19. The van der Waals surface area contributed by atoms with Crippen molar-refractivity contribution in [2.45, 2.75) is 6.42 Å². The van der Waals surface area contributed by atoms with Crippen molar-refractivity contribution in [2.24, 2.45) is 5.73 Å². The lowest BCUT2D eigenvalue weighted by atomic mass is 10.2. The van der Waals surface area contributed by atoms with Gasteiger partial charge in [-0.25, -0.2) is 0 Å². The highest BCUT2D eigenvalue weighted by atomic mass is 79.9. The van der Waals surface area contributed by atoms with Gasteiger partial charge in [-0.15, -0.1) is 0 Å². The van der Waals surface area contributed by atoms with Crippen LogP contribution < -0.4 is 10.6 Å². The number of aliphatic carboxylic acids is 1. The first-order valence-corrected chi connectivity index (χ1v) is 7.55. The maximum absolute atomic E-state index is 11.2. The van der Waals surface area contributed by atoms with E-state index >= 15 is 0 Å². The van der Waals surface area contributed by atoms with Crippen LogP contribution in [0.25, 0.3) is 0 Å². The zero-order valence-electron chi connectivity index (χ0n) is 11.6. The summed E-state index contributed by atoms with van der Waals surface area (Å²) in [6.07, 6.45) is 0.905. The van der Waals surface area contributed by atoms with Gasteiger partial charge >= 0.3 is 5.97 Å². The average molecular weight is 356 g/mol. The second-order valence-corrected chi connectivity index (χ2v) is 5.89. The molecule has 1 aliphatic heterocycles. The number of nitrogens with zero attached hydrogens (tertiary/aromatic N) is 2. The smallest absolute Gasteiger partial charge is 0.317 e. The lowest BCUT2D eigenvalue weighted by molar-refractivity contribution is -0.138. The second-order valence-electron chi connectivity index (χ2n) is 5.04. The third-order valence-corrected chi connectivity index (χ3v) is 4.19. The van der Waals surface area contributed by atoms with Crippen molar-refractivity contribution >= 4 is 33.5 Å². The van der Waals surface area contributed by atoms with Crippen LogP contribution in [0.2, 0.25) is 0 Å². The van der Waals surface area contributed by atoms with E-state index in [1.54, 1.807) is 6.07 Å². The number of carboxylic acids is 1. The molecule has 3 N–H and O–H groups in total. The van der Waals surface area contributed by atoms with Crippen LogP contribution in [-0.4, -0.2) is 54.6 Å². The molecule has 1 aromatic carbocycles. The Morgan fingerprint density at radius 3 is 2.62 bits per heavy atom. The van der Waals surface area contributed by atoms with Gasteiger partial charge in [0.15, 0.2) is 0 Å². The molecule has 0 saturated carbocycles. The van der Waals surface area contributed by atoms with Crippen LogP contribution in [0.3, 0.4) is 0 Å². The van der Waals surface area contributed by atoms with Crippen molar-refractivity contribution in [1.82, 2.24) is 4.90 Å². The number of anilines is 1. The minimum Gasteiger partial charge on any atom is -0.480 e. The Hall–Kier alpha value is -1.60. The van der Waals surface area contributed by atoms with Crippen molar-refractivity contribution < 1.29 is 14.7 Å². The standard InChI is InChI=1S/C14H18BrN3O3/c15-12-8-10(2-3-11(12)14(16)21)18-5-1-4-17(6-7-18)9-13(19)20/h2-3,8H,1,4-7,9H2,(H2,16,21)(H,19,20). The van der Waals surface area contributed by atoms with E-state index in [0.717, 1.165) is 31.7 Å². The van der Waals surface area contributed by atoms with Gasteiger partial charge in [0.25, 0.3) is 0 Å². The van der Waals surface area contributed by atoms with Crippen LogP contribution in [0.5, 0.6) is 0 Å². The molecule has 1 amide bonds. The van der Waals surface area contributed by atoms with Gasteiger partial charge in [-0.1, -0.05) is 0 Å². The van der Waals surface area contributed by atoms with Gasteiger partial charge < -0.3 is 15.7 Å². The molecule has 1 aliphatic rings.